The lowest BCUT2D eigenvalue weighted by molar-refractivity contribution is 0.229. The molecule has 0 amide bonds. The third kappa shape index (κ3) is 2.71. The maximum Gasteiger partial charge on any atom is 0.180 e. The van der Waals surface area contributed by atoms with Crippen LogP contribution >= 0.6 is 39.1 Å². The Kier molecular flexibility index (Phi) is 4.35. The second kappa shape index (κ2) is 6.11. The van der Waals surface area contributed by atoms with Crippen LogP contribution in [0.25, 0.3) is 5.65 Å². The van der Waals surface area contributed by atoms with Crippen LogP contribution in [-0.4, -0.2) is 9.38 Å². The first kappa shape index (κ1) is 15.7. The molecule has 1 aromatic carbocycles. The first-order valence-corrected chi connectivity index (χ1v) is 8.27. The minimum Gasteiger partial charge on any atom is -0.482 e. The Morgan fingerprint density at radius 2 is 1.86 bits per heavy atom. The Balaban J connectivity index is 2.01. The average molecular weight is 400 g/mol. The Hall–Kier alpha value is -1.23. The van der Waals surface area contributed by atoms with Crippen LogP contribution < -0.4 is 4.74 Å². The van der Waals surface area contributed by atoms with Gasteiger partial charge in [-0.1, -0.05) is 29.3 Å². The molecule has 0 spiro atoms. The highest BCUT2D eigenvalue weighted by Crippen LogP contribution is 2.34. The lowest BCUT2D eigenvalue weighted by Gasteiger charge is -2.18. The Bertz CT molecular complexity index is 827. The van der Waals surface area contributed by atoms with Crippen LogP contribution in [0.15, 0.2) is 41.1 Å². The van der Waals surface area contributed by atoms with Crippen molar-refractivity contribution in [2.75, 3.05) is 0 Å². The number of halogens is 3. The van der Waals surface area contributed by atoms with E-state index in [0.29, 0.717) is 15.8 Å². The molecule has 1 unspecified atom stereocenters. The molecule has 6 heteroatoms. The van der Waals surface area contributed by atoms with Crippen molar-refractivity contribution in [3.8, 4) is 5.75 Å². The molecule has 114 valence electrons. The Labute approximate surface area is 147 Å². The summed E-state index contributed by atoms with van der Waals surface area (Å²) in [6.07, 6.45) is 1.64. The SMILES string of the molecule is Cc1nc2c(OC(C)c3c(Cl)cccc3Cl)cccn2c1Br. The standard InChI is InChI=1S/C16H13BrCl2N2O/c1-9-15(17)21-8-4-7-13(16(21)20-9)22-10(2)14-11(18)5-3-6-12(14)19/h3-8,10H,1-2H3. The molecule has 0 aliphatic rings. The van der Waals surface area contributed by atoms with Gasteiger partial charge in [0, 0.05) is 21.8 Å². The predicted octanol–water partition coefficient (Wildman–Crippen LogP) is 5.85. The summed E-state index contributed by atoms with van der Waals surface area (Å²) in [5, 5.41) is 1.18. The maximum atomic E-state index is 6.25. The second-order valence-electron chi connectivity index (χ2n) is 4.95. The first-order chi connectivity index (χ1) is 10.5. The van der Waals surface area contributed by atoms with E-state index in [1.807, 2.05) is 42.6 Å². The highest BCUT2D eigenvalue weighted by Gasteiger charge is 2.18. The van der Waals surface area contributed by atoms with Gasteiger partial charge in [0.1, 0.15) is 10.7 Å². The fourth-order valence-corrected chi connectivity index (χ4v) is 3.45. The normalized spacial score (nSPS) is 12.6. The fourth-order valence-electron chi connectivity index (χ4n) is 2.37. The summed E-state index contributed by atoms with van der Waals surface area (Å²) in [6, 6.07) is 9.22. The molecule has 3 aromatic rings. The zero-order valence-electron chi connectivity index (χ0n) is 12.0. The maximum absolute atomic E-state index is 6.25. The van der Waals surface area contributed by atoms with E-state index in [2.05, 4.69) is 20.9 Å². The average Bonchev–Trinajstić information content (AvgIpc) is 2.76. The third-order valence-corrected chi connectivity index (χ3v) is 5.04. The molecule has 0 saturated heterocycles. The van der Waals surface area contributed by atoms with Gasteiger partial charge in [-0.3, -0.25) is 4.40 Å². The van der Waals surface area contributed by atoms with Crippen molar-refractivity contribution in [1.29, 1.82) is 0 Å². The van der Waals surface area contributed by atoms with Crippen molar-refractivity contribution >= 4 is 44.8 Å². The quantitative estimate of drug-likeness (QED) is 0.551. The third-order valence-electron chi connectivity index (χ3n) is 3.42. The van der Waals surface area contributed by atoms with Crippen molar-refractivity contribution in [2.24, 2.45) is 0 Å². The van der Waals surface area contributed by atoms with Crippen molar-refractivity contribution in [1.82, 2.24) is 9.38 Å². The van der Waals surface area contributed by atoms with Gasteiger partial charge in [-0.2, -0.15) is 0 Å². The predicted molar refractivity (Wildman–Crippen MR) is 93.1 cm³/mol. The molecule has 2 aromatic heterocycles. The molecule has 0 fully saturated rings. The van der Waals surface area contributed by atoms with Crippen LogP contribution in [0.3, 0.4) is 0 Å². The van der Waals surface area contributed by atoms with Crippen LogP contribution in [0, 0.1) is 6.92 Å². The van der Waals surface area contributed by atoms with Crippen molar-refractivity contribution in [3.63, 3.8) is 0 Å². The minimum absolute atomic E-state index is 0.289. The fraction of sp³-hybridized carbons (Fsp3) is 0.188. The highest BCUT2D eigenvalue weighted by atomic mass is 79.9. The van der Waals surface area contributed by atoms with Gasteiger partial charge < -0.3 is 4.74 Å². The van der Waals surface area contributed by atoms with E-state index in [9.17, 15) is 0 Å². The van der Waals surface area contributed by atoms with E-state index in [0.717, 1.165) is 21.5 Å². The smallest absolute Gasteiger partial charge is 0.180 e. The first-order valence-electron chi connectivity index (χ1n) is 6.72. The molecule has 2 heterocycles. The second-order valence-corrected chi connectivity index (χ2v) is 6.52. The molecular formula is C16H13BrCl2N2O. The lowest BCUT2D eigenvalue weighted by atomic mass is 10.1. The van der Waals surface area contributed by atoms with Gasteiger partial charge in [0.15, 0.2) is 11.4 Å². The number of hydrogen-bond donors (Lipinski definition) is 0. The molecule has 3 rings (SSSR count). The van der Waals surface area contributed by atoms with Crippen LogP contribution in [0.4, 0.5) is 0 Å². The number of benzene rings is 1. The number of fused-ring (bicyclic) bond motifs is 1. The van der Waals surface area contributed by atoms with Gasteiger partial charge in [0.05, 0.1) is 5.69 Å². The zero-order valence-corrected chi connectivity index (χ0v) is 15.1. The topological polar surface area (TPSA) is 26.5 Å². The van der Waals surface area contributed by atoms with E-state index in [4.69, 9.17) is 27.9 Å². The summed E-state index contributed by atoms with van der Waals surface area (Å²) >= 11 is 16.0. The van der Waals surface area contributed by atoms with E-state index in [-0.39, 0.29) is 6.10 Å². The molecule has 0 radical (unpaired) electrons. The van der Waals surface area contributed by atoms with E-state index < -0.39 is 0 Å². The molecule has 1 atom stereocenters. The largest absolute Gasteiger partial charge is 0.482 e. The number of pyridine rings is 1. The van der Waals surface area contributed by atoms with Crippen LogP contribution in [0.5, 0.6) is 5.75 Å². The molecule has 0 bridgehead atoms. The molecule has 22 heavy (non-hydrogen) atoms. The number of ether oxygens (including phenoxy) is 1. The summed E-state index contributed by atoms with van der Waals surface area (Å²) in [5.74, 6) is 0.680. The van der Waals surface area contributed by atoms with Gasteiger partial charge >= 0.3 is 0 Å². The van der Waals surface area contributed by atoms with E-state index in [1.165, 1.54) is 0 Å². The molecular weight excluding hydrogens is 387 g/mol. The van der Waals surface area contributed by atoms with Gasteiger partial charge in [-0.05, 0) is 54.0 Å². The van der Waals surface area contributed by atoms with E-state index in [1.54, 1.807) is 12.1 Å². The number of nitrogens with zero attached hydrogens (tertiary/aromatic N) is 2. The summed E-state index contributed by atoms with van der Waals surface area (Å²) < 4.78 is 8.92. The van der Waals surface area contributed by atoms with E-state index >= 15 is 0 Å². The Morgan fingerprint density at radius 1 is 1.18 bits per heavy atom. The van der Waals surface area contributed by atoms with Gasteiger partial charge in [0.25, 0.3) is 0 Å². The summed E-state index contributed by atoms with van der Waals surface area (Å²) in [6.45, 7) is 3.86. The van der Waals surface area contributed by atoms with Crippen molar-refractivity contribution < 1.29 is 4.74 Å². The van der Waals surface area contributed by atoms with Gasteiger partial charge in [0.2, 0.25) is 0 Å². The minimum atomic E-state index is -0.289. The molecule has 0 N–H and O–H groups in total. The Morgan fingerprint density at radius 3 is 2.55 bits per heavy atom. The molecule has 0 aliphatic carbocycles. The highest BCUT2D eigenvalue weighted by molar-refractivity contribution is 9.10. The number of hydrogen-bond acceptors (Lipinski definition) is 2. The summed E-state index contributed by atoms with van der Waals surface area (Å²) in [7, 11) is 0. The van der Waals surface area contributed by atoms with Crippen LogP contribution in [0.2, 0.25) is 10.0 Å². The number of imidazole rings is 1. The van der Waals surface area contributed by atoms with Gasteiger partial charge in [-0.15, -0.1) is 0 Å². The number of aryl methyl sites for hydroxylation is 1. The lowest BCUT2D eigenvalue weighted by Crippen LogP contribution is -2.06. The monoisotopic (exact) mass is 398 g/mol. The summed E-state index contributed by atoms with van der Waals surface area (Å²) in [5.41, 5.74) is 2.43. The van der Waals surface area contributed by atoms with Gasteiger partial charge in [-0.25, -0.2) is 4.98 Å². The van der Waals surface area contributed by atoms with Crippen molar-refractivity contribution in [3.05, 3.63) is 62.4 Å². The molecule has 0 aliphatic heterocycles. The van der Waals surface area contributed by atoms with Crippen LogP contribution in [0.1, 0.15) is 24.3 Å². The van der Waals surface area contributed by atoms with Crippen LogP contribution in [-0.2, 0) is 0 Å². The molecule has 0 saturated carbocycles. The van der Waals surface area contributed by atoms with Crippen molar-refractivity contribution in [2.45, 2.75) is 20.0 Å². The zero-order chi connectivity index (χ0) is 15.9. The summed E-state index contributed by atoms with van der Waals surface area (Å²) in [4.78, 5) is 4.53. The number of aromatic nitrogens is 2. The number of rotatable bonds is 3. The molecule has 3 nitrogen and oxygen atoms in total.